The Hall–Kier alpha value is -1.34. The molecular weight excluding hydrogens is 202 g/mol. The van der Waals surface area contributed by atoms with Gasteiger partial charge in [0.15, 0.2) is 5.69 Å². The van der Waals surface area contributed by atoms with Crippen molar-refractivity contribution in [3.8, 4) is 6.07 Å². The third-order valence-electron chi connectivity index (χ3n) is 2.32. The predicted molar refractivity (Wildman–Crippen MR) is 61.9 cm³/mol. The molecule has 0 aliphatic heterocycles. The molecule has 0 radical (unpaired) electrons. The number of aromatic nitrogens is 2. The van der Waals surface area contributed by atoms with Gasteiger partial charge in [0.1, 0.15) is 6.07 Å². The standard InChI is InChI=1S/C12H19N3O/c1-4-5-6-15-11(8-12(2,3)16)7-10(9-13)14-15/h7,16H,4-6,8H2,1-3H3. The zero-order chi connectivity index (χ0) is 12.2. The van der Waals surface area contributed by atoms with Gasteiger partial charge in [-0.05, 0) is 26.3 Å². The monoisotopic (exact) mass is 221 g/mol. The molecule has 1 aromatic rings. The molecule has 0 bridgehead atoms. The molecule has 4 nitrogen and oxygen atoms in total. The fraction of sp³-hybridized carbons (Fsp3) is 0.667. The van der Waals surface area contributed by atoms with Crippen molar-refractivity contribution in [1.82, 2.24) is 9.78 Å². The van der Waals surface area contributed by atoms with Crippen molar-refractivity contribution in [2.45, 2.75) is 52.2 Å². The molecule has 0 aliphatic rings. The van der Waals surface area contributed by atoms with Crippen LogP contribution >= 0.6 is 0 Å². The second-order valence-corrected chi connectivity index (χ2v) is 4.70. The van der Waals surface area contributed by atoms with Gasteiger partial charge in [0, 0.05) is 18.7 Å². The summed E-state index contributed by atoms with van der Waals surface area (Å²) in [6.07, 6.45) is 2.64. The quantitative estimate of drug-likeness (QED) is 0.825. The number of nitrogens with zero attached hydrogens (tertiary/aromatic N) is 3. The summed E-state index contributed by atoms with van der Waals surface area (Å²) in [4.78, 5) is 0. The van der Waals surface area contributed by atoms with E-state index in [1.807, 2.05) is 10.8 Å². The van der Waals surface area contributed by atoms with E-state index in [0.717, 1.165) is 25.1 Å². The average Bonchev–Trinajstić information content (AvgIpc) is 2.55. The molecule has 1 N–H and O–H groups in total. The molecule has 1 heterocycles. The first-order valence-electron chi connectivity index (χ1n) is 5.65. The first-order valence-corrected chi connectivity index (χ1v) is 5.65. The number of aryl methyl sites for hydroxylation is 1. The lowest BCUT2D eigenvalue weighted by atomic mass is 10.0. The van der Waals surface area contributed by atoms with Gasteiger partial charge in [0.25, 0.3) is 0 Å². The average molecular weight is 221 g/mol. The second-order valence-electron chi connectivity index (χ2n) is 4.70. The molecule has 0 saturated heterocycles. The topological polar surface area (TPSA) is 61.8 Å². The summed E-state index contributed by atoms with van der Waals surface area (Å²) in [5.41, 5.74) is 0.587. The zero-order valence-corrected chi connectivity index (χ0v) is 10.2. The fourth-order valence-corrected chi connectivity index (χ4v) is 1.60. The minimum Gasteiger partial charge on any atom is -0.390 e. The Morgan fingerprint density at radius 2 is 2.25 bits per heavy atom. The van der Waals surface area contributed by atoms with Gasteiger partial charge in [0.2, 0.25) is 0 Å². The van der Waals surface area contributed by atoms with E-state index in [2.05, 4.69) is 12.0 Å². The molecule has 1 aromatic heterocycles. The highest BCUT2D eigenvalue weighted by Gasteiger charge is 2.17. The molecule has 4 heteroatoms. The SMILES string of the molecule is CCCCn1nc(C#N)cc1CC(C)(C)O. The van der Waals surface area contributed by atoms with Crippen LogP contribution < -0.4 is 0 Å². The zero-order valence-electron chi connectivity index (χ0n) is 10.2. The first kappa shape index (κ1) is 12.7. The van der Waals surface area contributed by atoms with Crippen molar-refractivity contribution in [3.05, 3.63) is 17.5 Å². The molecule has 0 spiro atoms. The molecule has 0 amide bonds. The van der Waals surface area contributed by atoms with Gasteiger partial charge in [-0.3, -0.25) is 4.68 Å². The van der Waals surface area contributed by atoms with Crippen LogP contribution in [-0.4, -0.2) is 20.5 Å². The largest absolute Gasteiger partial charge is 0.390 e. The number of unbranched alkanes of at least 4 members (excludes halogenated alkanes) is 1. The molecule has 0 fully saturated rings. The first-order chi connectivity index (χ1) is 7.46. The van der Waals surface area contributed by atoms with E-state index in [-0.39, 0.29) is 0 Å². The Bertz CT molecular complexity index is 382. The highest BCUT2D eigenvalue weighted by atomic mass is 16.3. The third kappa shape index (κ3) is 3.67. The number of hydrogen-bond donors (Lipinski definition) is 1. The van der Waals surface area contributed by atoms with Crippen LogP contribution in [0.5, 0.6) is 0 Å². The maximum Gasteiger partial charge on any atom is 0.162 e. The number of hydrogen-bond acceptors (Lipinski definition) is 3. The Labute approximate surface area is 96.5 Å². The van der Waals surface area contributed by atoms with Gasteiger partial charge in [-0.25, -0.2) is 0 Å². The van der Waals surface area contributed by atoms with E-state index in [0.29, 0.717) is 12.1 Å². The van der Waals surface area contributed by atoms with Gasteiger partial charge in [0.05, 0.1) is 5.60 Å². The second kappa shape index (κ2) is 5.13. The van der Waals surface area contributed by atoms with E-state index < -0.39 is 5.60 Å². The van der Waals surface area contributed by atoms with Gasteiger partial charge >= 0.3 is 0 Å². The molecular formula is C12H19N3O. The molecule has 0 aromatic carbocycles. The summed E-state index contributed by atoms with van der Waals surface area (Å²) >= 11 is 0. The third-order valence-corrected chi connectivity index (χ3v) is 2.32. The van der Waals surface area contributed by atoms with Crippen molar-refractivity contribution in [3.63, 3.8) is 0 Å². The molecule has 0 atom stereocenters. The lowest BCUT2D eigenvalue weighted by Crippen LogP contribution is -2.24. The highest BCUT2D eigenvalue weighted by molar-refractivity contribution is 5.23. The van der Waals surface area contributed by atoms with Crippen LogP contribution in [0, 0.1) is 11.3 Å². The van der Waals surface area contributed by atoms with Crippen LogP contribution in [0.2, 0.25) is 0 Å². The summed E-state index contributed by atoms with van der Waals surface area (Å²) in [7, 11) is 0. The molecule has 1 rings (SSSR count). The van der Waals surface area contributed by atoms with Crippen LogP contribution in [0.15, 0.2) is 6.07 Å². The fourth-order valence-electron chi connectivity index (χ4n) is 1.60. The van der Waals surface area contributed by atoms with Crippen molar-refractivity contribution in [2.24, 2.45) is 0 Å². The molecule has 0 aliphatic carbocycles. The van der Waals surface area contributed by atoms with Crippen LogP contribution in [-0.2, 0) is 13.0 Å². The van der Waals surface area contributed by atoms with E-state index in [1.165, 1.54) is 0 Å². The Morgan fingerprint density at radius 3 is 2.75 bits per heavy atom. The van der Waals surface area contributed by atoms with Crippen molar-refractivity contribution in [2.75, 3.05) is 0 Å². The van der Waals surface area contributed by atoms with Crippen molar-refractivity contribution in [1.29, 1.82) is 5.26 Å². The molecule has 88 valence electrons. The van der Waals surface area contributed by atoms with Crippen molar-refractivity contribution < 1.29 is 5.11 Å². The normalized spacial score (nSPS) is 11.4. The Morgan fingerprint density at radius 1 is 1.56 bits per heavy atom. The predicted octanol–water partition coefficient (Wildman–Crippen LogP) is 1.87. The van der Waals surface area contributed by atoms with E-state index in [4.69, 9.17) is 5.26 Å². The summed E-state index contributed by atoms with van der Waals surface area (Å²) < 4.78 is 1.83. The summed E-state index contributed by atoms with van der Waals surface area (Å²) in [5, 5.41) is 22.8. The maximum atomic E-state index is 9.78. The van der Waals surface area contributed by atoms with E-state index in [1.54, 1.807) is 19.9 Å². The number of nitriles is 1. The number of aliphatic hydroxyl groups is 1. The lowest BCUT2D eigenvalue weighted by molar-refractivity contribution is 0.0786. The van der Waals surface area contributed by atoms with Gasteiger partial charge in [-0.2, -0.15) is 10.4 Å². The Kier molecular flexibility index (Phi) is 4.08. The van der Waals surface area contributed by atoms with Crippen LogP contribution in [0.1, 0.15) is 45.0 Å². The maximum absolute atomic E-state index is 9.78. The lowest BCUT2D eigenvalue weighted by Gasteiger charge is -2.17. The van der Waals surface area contributed by atoms with Crippen LogP contribution in [0.4, 0.5) is 0 Å². The summed E-state index contributed by atoms with van der Waals surface area (Å²) in [5.74, 6) is 0. The van der Waals surface area contributed by atoms with Gasteiger partial charge in [-0.1, -0.05) is 13.3 Å². The van der Waals surface area contributed by atoms with E-state index in [9.17, 15) is 5.11 Å². The Balaban J connectivity index is 2.88. The van der Waals surface area contributed by atoms with Crippen LogP contribution in [0.3, 0.4) is 0 Å². The minimum atomic E-state index is -0.767. The molecule has 0 saturated carbocycles. The smallest absolute Gasteiger partial charge is 0.162 e. The summed E-state index contributed by atoms with van der Waals surface area (Å²) in [6, 6.07) is 3.79. The van der Waals surface area contributed by atoms with Gasteiger partial charge in [-0.15, -0.1) is 0 Å². The molecule has 0 unspecified atom stereocenters. The number of rotatable bonds is 5. The minimum absolute atomic E-state index is 0.426. The van der Waals surface area contributed by atoms with Crippen molar-refractivity contribution >= 4 is 0 Å². The molecule has 16 heavy (non-hydrogen) atoms. The highest BCUT2D eigenvalue weighted by Crippen LogP contribution is 2.14. The van der Waals surface area contributed by atoms with Crippen LogP contribution in [0.25, 0.3) is 0 Å². The van der Waals surface area contributed by atoms with E-state index >= 15 is 0 Å². The summed E-state index contributed by atoms with van der Waals surface area (Å²) in [6.45, 7) is 6.44. The van der Waals surface area contributed by atoms with Gasteiger partial charge < -0.3 is 5.11 Å².